The van der Waals surface area contributed by atoms with Crippen LogP contribution in [-0.4, -0.2) is 25.2 Å². The van der Waals surface area contributed by atoms with Gasteiger partial charge in [0.1, 0.15) is 11.5 Å². The van der Waals surface area contributed by atoms with Gasteiger partial charge in [-0.3, -0.25) is 0 Å². The highest BCUT2D eigenvalue weighted by molar-refractivity contribution is 6.17. The number of hydrogen-bond acceptors (Lipinski definition) is 5. The molecule has 134 valence electrons. The van der Waals surface area contributed by atoms with Crippen molar-refractivity contribution in [1.82, 2.24) is 4.98 Å². The number of para-hydroxylation sites is 1. The number of carbonyl (C=O) groups is 1. The van der Waals surface area contributed by atoms with Crippen molar-refractivity contribution in [2.45, 2.75) is 0 Å². The van der Waals surface area contributed by atoms with E-state index in [0.717, 1.165) is 0 Å². The fourth-order valence-electron chi connectivity index (χ4n) is 3.48. The molecule has 27 heavy (non-hydrogen) atoms. The first-order valence-corrected chi connectivity index (χ1v) is 8.40. The highest BCUT2D eigenvalue weighted by Gasteiger charge is 2.19. The summed E-state index contributed by atoms with van der Waals surface area (Å²) in [5.41, 5.74) is 2.62. The summed E-state index contributed by atoms with van der Waals surface area (Å²) < 4.78 is 11.0. The summed E-state index contributed by atoms with van der Waals surface area (Å²) in [6.07, 6.45) is 0. The summed E-state index contributed by atoms with van der Waals surface area (Å²) in [6, 6.07) is 18.0. The second kappa shape index (κ2) is 6.61. The van der Waals surface area contributed by atoms with Crippen LogP contribution in [0.25, 0.3) is 32.9 Å². The minimum Gasteiger partial charge on any atom is -0.545 e. The van der Waals surface area contributed by atoms with Crippen molar-refractivity contribution in [2.24, 2.45) is 0 Å². The fraction of sp³-hybridized carbons (Fsp3) is 0.0909. The molecule has 1 aromatic heterocycles. The first kappa shape index (κ1) is 16.8. The van der Waals surface area contributed by atoms with Gasteiger partial charge in [0, 0.05) is 16.3 Å². The van der Waals surface area contributed by atoms with Gasteiger partial charge in [-0.15, -0.1) is 0 Å². The lowest BCUT2D eigenvalue weighted by Crippen LogP contribution is -2.23. The van der Waals surface area contributed by atoms with Gasteiger partial charge in [-0.25, -0.2) is 4.98 Å². The molecule has 0 aliphatic carbocycles. The van der Waals surface area contributed by atoms with Crippen molar-refractivity contribution in [3.05, 3.63) is 66.2 Å². The molecule has 1 heterocycles. The SMILES string of the molecule is COc1cccc(OC)c1-c1cccc2nc3ccccc3c(C(=O)[O-])c12. The van der Waals surface area contributed by atoms with Crippen LogP contribution >= 0.6 is 0 Å². The number of carbonyl (C=O) groups excluding carboxylic acids is 1. The molecule has 0 aliphatic heterocycles. The Morgan fingerprint density at radius 3 is 2.15 bits per heavy atom. The van der Waals surface area contributed by atoms with Gasteiger partial charge in [0.15, 0.2) is 0 Å². The van der Waals surface area contributed by atoms with Crippen LogP contribution in [0.15, 0.2) is 60.7 Å². The van der Waals surface area contributed by atoms with Crippen LogP contribution in [0.1, 0.15) is 10.4 Å². The maximum absolute atomic E-state index is 12.1. The summed E-state index contributed by atoms with van der Waals surface area (Å²) in [4.78, 5) is 16.8. The van der Waals surface area contributed by atoms with E-state index in [0.29, 0.717) is 44.4 Å². The number of nitrogens with zero attached hydrogens (tertiary/aromatic N) is 1. The number of carboxylic acid groups (broad SMARTS) is 1. The van der Waals surface area contributed by atoms with Gasteiger partial charge in [-0.1, -0.05) is 36.4 Å². The molecular formula is C22H16NO4-. The third kappa shape index (κ3) is 2.64. The monoisotopic (exact) mass is 358 g/mol. The Hall–Kier alpha value is -3.60. The lowest BCUT2D eigenvalue weighted by molar-refractivity contribution is -0.254. The second-order valence-corrected chi connectivity index (χ2v) is 6.03. The van der Waals surface area contributed by atoms with Gasteiger partial charge in [-0.2, -0.15) is 0 Å². The number of hydrogen-bond donors (Lipinski definition) is 0. The van der Waals surface area contributed by atoms with Crippen molar-refractivity contribution >= 4 is 27.8 Å². The Morgan fingerprint density at radius 2 is 1.48 bits per heavy atom. The number of ether oxygens (including phenoxy) is 2. The standard InChI is InChI=1S/C22H17NO4/c1-26-17-11-6-12-18(27-2)20(17)14-8-5-10-16-19(14)21(22(24)25)13-7-3-4-9-15(13)23-16/h3-12H,1-2H3,(H,24,25)/p-1. The molecule has 4 aromatic rings. The summed E-state index contributed by atoms with van der Waals surface area (Å²) >= 11 is 0. The molecule has 0 fully saturated rings. The van der Waals surface area contributed by atoms with Gasteiger partial charge in [0.05, 0.1) is 36.8 Å². The average molecular weight is 358 g/mol. The third-order valence-corrected chi connectivity index (χ3v) is 4.61. The number of methoxy groups -OCH3 is 2. The molecule has 0 saturated carbocycles. The molecule has 0 atom stereocenters. The third-order valence-electron chi connectivity index (χ3n) is 4.61. The van der Waals surface area contributed by atoms with Gasteiger partial charge in [0.2, 0.25) is 0 Å². The van der Waals surface area contributed by atoms with E-state index in [1.165, 1.54) is 0 Å². The largest absolute Gasteiger partial charge is 0.545 e. The molecule has 3 aromatic carbocycles. The molecule has 0 saturated heterocycles. The van der Waals surface area contributed by atoms with Crippen LogP contribution in [0, 0.1) is 0 Å². The molecule has 5 nitrogen and oxygen atoms in total. The number of aromatic carboxylic acids is 1. The van der Waals surface area contributed by atoms with Crippen LogP contribution in [0.5, 0.6) is 11.5 Å². The first-order chi connectivity index (χ1) is 13.2. The van der Waals surface area contributed by atoms with E-state index in [4.69, 9.17) is 9.47 Å². The Kier molecular flexibility index (Phi) is 4.12. The summed E-state index contributed by atoms with van der Waals surface area (Å²) in [6.45, 7) is 0. The van der Waals surface area contributed by atoms with E-state index in [9.17, 15) is 9.90 Å². The second-order valence-electron chi connectivity index (χ2n) is 6.03. The number of fused-ring (bicyclic) bond motifs is 2. The lowest BCUT2D eigenvalue weighted by atomic mass is 9.93. The number of carboxylic acids is 1. The van der Waals surface area contributed by atoms with Gasteiger partial charge < -0.3 is 19.4 Å². The Morgan fingerprint density at radius 1 is 0.852 bits per heavy atom. The van der Waals surface area contributed by atoms with Gasteiger partial charge >= 0.3 is 0 Å². The fourth-order valence-corrected chi connectivity index (χ4v) is 3.48. The summed E-state index contributed by atoms with van der Waals surface area (Å²) in [7, 11) is 3.13. The zero-order valence-electron chi connectivity index (χ0n) is 14.9. The average Bonchev–Trinajstić information content (AvgIpc) is 2.70. The molecule has 0 bridgehead atoms. The highest BCUT2D eigenvalue weighted by atomic mass is 16.5. The maximum atomic E-state index is 12.1. The van der Waals surface area contributed by atoms with Crippen LogP contribution in [0.3, 0.4) is 0 Å². The molecule has 0 unspecified atom stereocenters. The zero-order chi connectivity index (χ0) is 19.0. The molecule has 0 aliphatic rings. The first-order valence-electron chi connectivity index (χ1n) is 8.40. The lowest BCUT2D eigenvalue weighted by Gasteiger charge is -2.18. The van der Waals surface area contributed by atoms with E-state index < -0.39 is 5.97 Å². The Bertz CT molecular complexity index is 1160. The molecule has 0 spiro atoms. The van der Waals surface area contributed by atoms with E-state index in [-0.39, 0.29) is 5.56 Å². The van der Waals surface area contributed by atoms with Crippen LogP contribution in [0.2, 0.25) is 0 Å². The molecular weight excluding hydrogens is 342 g/mol. The van der Waals surface area contributed by atoms with E-state index in [1.807, 2.05) is 36.4 Å². The molecule has 0 amide bonds. The van der Waals surface area contributed by atoms with E-state index >= 15 is 0 Å². The number of benzene rings is 3. The minimum absolute atomic E-state index is 0.110. The van der Waals surface area contributed by atoms with Gasteiger partial charge in [0.25, 0.3) is 0 Å². The predicted molar refractivity (Wildman–Crippen MR) is 102 cm³/mol. The van der Waals surface area contributed by atoms with Crippen LogP contribution in [-0.2, 0) is 0 Å². The molecule has 0 N–H and O–H groups in total. The van der Waals surface area contributed by atoms with Crippen molar-refractivity contribution in [3.8, 4) is 22.6 Å². The molecule has 5 heteroatoms. The van der Waals surface area contributed by atoms with Crippen molar-refractivity contribution < 1.29 is 19.4 Å². The topological polar surface area (TPSA) is 71.5 Å². The van der Waals surface area contributed by atoms with Crippen molar-refractivity contribution in [1.29, 1.82) is 0 Å². The molecule has 4 rings (SSSR count). The smallest absolute Gasteiger partial charge is 0.130 e. The zero-order valence-corrected chi connectivity index (χ0v) is 14.9. The van der Waals surface area contributed by atoms with Crippen molar-refractivity contribution in [3.63, 3.8) is 0 Å². The number of pyridine rings is 1. The van der Waals surface area contributed by atoms with Gasteiger partial charge in [-0.05, 0) is 29.8 Å². The van der Waals surface area contributed by atoms with E-state index in [1.54, 1.807) is 38.5 Å². The minimum atomic E-state index is -1.25. The van der Waals surface area contributed by atoms with Crippen LogP contribution in [0.4, 0.5) is 0 Å². The quantitative estimate of drug-likeness (QED) is 0.523. The van der Waals surface area contributed by atoms with E-state index in [2.05, 4.69) is 4.98 Å². The van der Waals surface area contributed by atoms with Crippen LogP contribution < -0.4 is 14.6 Å². The normalized spacial score (nSPS) is 10.9. The number of aromatic nitrogens is 1. The Labute approximate surface area is 155 Å². The summed E-state index contributed by atoms with van der Waals surface area (Å²) in [5, 5.41) is 13.2. The predicted octanol–water partition coefficient (Wildman–Crippen LogP) is 3.44. The van der Waals surface area contributed by atoms with Crippen molar-refractivity contribution in [2.75, 3.05) is 14.2 Å². The Balaban J connectivity index is 2.22. The summed E-state index contributed by atoms with van der Waals surface area (Å²) in [5.74, 6) is -0.0847. The maximum Gasteiger partial charge on any atom is 0.130 e. The highest BCUT2D eigenvalue weighted by Crippen LogP contribution is 2.43. The number of rotatable bonds is 4. The molecule has 0 radical (unpaired) electrons.